The summed E-state index contributed by atoms with van der Waals surface area (Å²) >= 11 is 0. The number of ether oxygens (including phenoxy) is 2. The number of rotatable bonds is 5. The van der Waals surface area contributed by atoms with Gasteiger partial charge in [0.2, 0.25) is 0 Å². The molecule has 5 atom stereocenters. The smallest absolute Gasteiger partial charge is 0.330 e. The molecule has 1 aromatic heterocycles. The molecule has 27 heavy (non-hydrogen) atoms. The largest absolute Gasteiger partial charge is 0.458 e. The number of nitrogens with one attached hydrogen (secondary N) is 1. The summed E-state index contributed by atoms with van der Waals surface area (Å²) in [7, 11) is 0. The number of carbonyl (C=O) groups is 1. The summed E-state index contributed by atoms with van der Waals surface area (Å²) < 4.78 is 40.6. The first-order valence-corrected chi connectivity index (χ1v) is 7.80. The van der Waals surface area contributed by atoms with Gasteiger partial charge in [-0.25, -0.2) is 9.18 Å². The quantitative estimate of drug-likeness (QED) is 0.332. The maximum atomic E-state index is 15.3. The highest BCUT2D eigenvalue weighted by Gasteiger charge is 2.57. The van der Waals surface area contributed by atoms with Gasteiger partial charge in [-0.05, 0) is 5.92 Å². The first-order chi connectivity index (χ1) is 13.3. The number of hydrogen-bond acceptors (Lipinski definition) is 8. The van der Waals surface area contributed by atoms with Gasteiger partial charge in [0, 0.05) is 6.20 Å². The van der Waals surface area contributed by atoms with Crippen LogP contribution in [-0.2, 0) is 14.3 Å². The van der Waals surface area contributed by atoms with Crippen molar-refractivity contribution in [3.63, 3.8) is 0 Å². The lowest BCUT2D eigenvalue weighted by molar-refractivity contribution is -0.217. The average Bonchev–Trinajstić information content (AvgIpc) is 2.86. The van der Waals surface area contributed by atoms with Crippen LogP contribution in [0.25, 0.3) is 0 Å². The summed E-state index contributed by atoms with van der Waals surface area (Å²) in [6.07, 6.45) is -0.892. The standard InChI is InChI=1S/C16H20FN3O7/c1-4-8-5-20(15(25)19-12(8)23)13-10(21)11(22)16(17,27-13)6-26-14(24)9(18)7(2)3/h1,5,7,9-11,13,21-22H,6,18H2,2-3H3,(H,19,23,25)/t9-,10+,11-,13+,16+/m0/s1/i6D2. The molecule has 0 saturated carbocycles. The van der Waals surface area contributed by atoms with E-state index in [2.05, 4.69) is 4.74 Å². The number of nitrogens with zero attached hydrogens (tertiary/aromatic N) is 1. The third-order valence-corrected chi connectivity index (χ3v) is 3.97. The van der Waals surface area contributed by atoms with Crippen LogP contribution in [0.1, 0.15) is 28.4 Å². The van der Waals surface area contributed by atoms with Crippen LogP contribution in [-0.4, -0.2) is 56.4 Å². The van der Waals surface area contributed by atoms with Crippen molar-refractivity contribution in [1.29, 1.82) is 0 Å². The van der Waals surface area contributed by atoms with Crippen molar-refractivity contribution in [3.8, 4) is 12.3 Å². The van der Waals surface area contributed by atoms with Crippen LogP contribution in [0.3, 0.4) is 0 Å². The molecule has 1 aliphatic rings. The fourth-order valence-corrected chi connectivity index (χ4v) is 2.23. The molecule has 0 radical (unpaired) electrons. The predicted molar refractivity (Wildman–Crippen MR) is 89.0 cm³/mol. The highest BCUT2D eigenvalue weighted by Crippen LogP contribution is 2.38. The highest BCUT2D eigenvalue weighted by atomic mass is 19.2. The average molecular weight is 387 g/mol. The Bertz CT molecular complexity index is 957. The third-order valence-electron chi connectivity index (χ3n) is 3.97. The number of esters is 1. The molecule has 10 nitrogen and oxygen atoms in total. The lowest BCUT2D eigenvalue weighted by Gasteiger charge is -2.24. The molecule has 1 saturated heterocycles. The zero-order valence-electron chi connectivity index (χ0n) is 16.4. The van der Waals surface area contributed by atoms with Crippen LogP contribution < -0.4 is 17.0 Å². The normalized spacial score (nSPS) is 30.4. The monoisotopic (exact) mass is 387 g/mol. The number of alkyl halides is 1. The first-order valence-electron chi connectivity index (χ1n) is 8.80. The molecular formula is C16H20FN3O7. The highest BCUT2D eigenvalue weighted by molar-refractivity contribution is 5.75. The number of carbonyl (C=O) groups excluding carboxylic acids is 1. The molecule has 1 aliphatic heterocycles. The van der Waals surface area contributed by atoms with Crippen molar-refractivity contribution < 1.29 is 31.6 Å². The zero-order valence-corrected chi connectivity index (χ0v) is 14.4. The number of aromatic nitrogens is 2. The molecule has 1 aromatic rings. The van der Waals surface area contributed by atoms with Crippen molar-refractivity contribution in [2.24, 2.45) is 11.7 Å². The minimum Gasteiger partial charge on any atom is -0.458 e. The van der Waals surface area contributed by atoms with Gasteiger partial charge >= 0.3 is 11.7 Å². The van der Waals surface area contributed by atoms with Crippen molar-refractivity contribution in [3.05, 3.63) is 32.6 Å². The zero-order chi connectivity index (χ0) is 22.3. The van der Waals surface area contributed by atoms with E-state index >= 15 is 4.39 Å². The van der Waals surface area contributed by atoms with Gasteiger partial charge in [-0.2, -0.15) is 0 Å². The molecule has 0 amide bonds. The maximum Gasteiger partial charge on any atom is 0.330 e. The molecule has 2 rings (SSSR count). The van der Waals surface area contributed by atoms with Crippen molar-refractivity contribution in [2.75, 3.05) is 6.56 Å². The molecule has 0 spiro atoms. The van der Waals surface area contributed by atoms with Crippen molar-refractivity contribution in [2.45, 2.75) is 44.2 Å². The van der Waals surface area contributed by atoms with E-state index in [0.29, 0.717) is 4.57 Å². The summed E-state index contributed by atoms with van der Waals surface area (Å²) in [5.74, 6) is -3.61. The summed E-state index contributed by atoms with van der Waals surface area (Å²) in [5.41, 5.74) is 3.07. The number of nitrogens with two attached hydrogens (primary N) is 1. The van der Waals surface area contributed by atoms with E-state index in [0.717, 1.165) is 6.20 Å². The van der Waals surface area contributed by atoms with Gasteiger partial charge in [0.25, 0.3) is 11.4 Å². The maximum absolute atomic E-state index is 15.3. The number of terminal acetylenes is 1. The molecule has 0 aromatic carbocycles. The van der Waals surface area contributed by atoms with E-state index in [-0.39, 0.29) is 5.56 Å². The number of hydrogen-bond donors (Lipinski definition) is 4. The number of H-pyrrole nitrogens is 1. The Kier molecular flexibility index (Phi) is 5.04. The number of aliphatic hydroxyl groups excluding tert-OH is 2. The number of halogens is 1. The fourth-order valence-electron chi connectivity index (χ4n) is 2.23. The Morgan fingerprint density at radius 3 is 2.81 bits per heavy atom. The van der Waals surface area contributed by atoms with Gasteiger partial charge in [0.15, 0.2) is 12.8 Å². The Morgan fingerprint density at radius 2 is 2.26 bits per heavy atom. The van der Waals surface area contributed by atoms with Crippen molar-refractivity contribution >= 4 is 5.97 Å². The van der Waals surface area contributed by atoms with E-state index in [1.165, 1.54) is 0 Å². The molecule has 0 bridgehead atoms. The Labute approximate surface area is 155 Å². The lowest BCUT2D eigenvalue weighted by Crippen LogP contribution is -2.46. The Balaban J connectivity index is 2.42. The SMILES string of the molecule is [2H]C([2H])(OC(=O)[C@@H](N)C(C)C)[C@@]1(F)O[C@@H](n2cc(C#C)c(=O)[nH]c2=O)[C@H](O)[C@@H]1O. The van der Waals surface area contributed by atoms with Gasteiger partial charge in [0.05, 0.1) is 2.74 Å². The molecule has 0 aliphatic carbocycles. The van der Waals surface area contributed by atoms with Crippen LogP contribution >= 0.6 is 0 Å². The molecule has 148 valence electrons. The third kappa shape index (κ3) is 3.93. The van der Waals surface area contributed by atoms with Crippen LogP contribution in [0.2, 0.25) is 0 Å². The van der Waals surface area contributed by atoms with E-state index in [4.69, 9.17) is 19.6 Å². The first kappa shape index (κ1) is 17.9. The molecule has 0 unspecified atom stereocenters. The summed E-state index contributed by atoms with van der Waals surface area (Å²) in [6.45, 7) is -0.523. The Hall–Kier alpha value is -2.52. The van der Waals surface area contributed by atoms with E-state index in [9.17, 15) is 24.6 Å². The fraction of sp³-hybridized carbons (Fsp3) is 0.562. The number of aliphatic hydroxyl groups is 2. The summed E-state index contributed by atoms with van der Waals surface area (Å²) in [6, 6.07) is -1.30. The van der Waals surface area contributed by atoms with Gasteiger partial charge in [-0.1, -0.05) is 19.8 Å². The van der Waals surface area contributed by atoms with Gasteiger partial charge in [-0.3, -0.25) is 19.1 Å². The van der Waals surface area contributed by atoms with Crippen LogP contribution in [0.4, 0.5) is 4.39 Å². The molecule has 1 fully saturated rings. The molecule has 11 heteroatoms. The van der Waals surface area contributed by atoms with E-state index in [1.807, 2.05) is 10.9 Å². The van der Waals surface area contributed by atoms with Crippen LogP contribution in [0.15, 0.2) is 15.8 Å². The molecule has 2 heterocycles. The van der Waals surface area contributed by atoms with E-state index in [1.54, 1.807) is 13.8 Å². The predicted octanol–water partition coefficient (Wildman–Crippen LogP) is -2.04. The van der Waals surface area contributed by atoms with Crippen LogP contribution in [0, 0.1) is 18.3 Å². The van der Waals surface area contributed by atoms with Crippen LogP contribution in [0.5, 0.6) is 0 Å². The second kappa shape index (κ2) is 7.61. The van der Waals surface area contributed by atoms with Gasteiger partial charge < -0.3 is 25.4 Å². The van der Waals surface area contributed by atoms with Crippen molar-refractivity contribution in [1.82, 2.24) is 9.55 Å². The topological polar surface area (TPSA) is 157 Å². The second-order valence-corrected chi connectivity index (χ2v) is 6.24. The summed E-state index contributed by atoms with van der Waals surface area (Å²) in [5, 5.41) is 20.2. The minimum atomic E-state index is -3.78. The minimum absolute atomic E-state index is 0.372. The summed E-state index contributed by atoms with van der Waals surface area (Å²) in [4.78, 5) is 37.3. The number of aromatic amines is 1. The molecular weight excluding hydrogens is 365 g/mol. The second-order valence-electron chi connectivity index (χ2n) is 6.24. The van der Waals surface area contributed by atoms with E-state index < -0.39 is 60.0 Å². The van der Waals surface area contributed by atoms with Gasteiger partial charge in [-0.15, -0.1) is 6.42 Å². The lowest BCUT2D eigenvalue weighted by atomic mass is 10.1. The molecule has 5 N–H and O–H groups in total. The van der Waals surface area contributed by atoms with Gasteiger partial charge in [0.1, 0.15) is 23.8 Å². The Morgan fingerprint density at radius 1 is 1.63 bits per heavy atom.